The van der Waals surface area contributed by atoms with E-state index in [2.05, 4.69) is 17.0 Å². The number of rotatable bonds is 8. The van der Waals surface area contributed by atoms with Gasteiger partial charge in [-0.25, -0.2) is 0 Å². The topological polar surface area (TPSA) is 46.9 Å². The molecule has 1 aromatic heterocycles. The molecule has 0 radical (unpaired) electrons. The lowest BCUT2D eigenvalue weighted by atomic mass is 10.2. The van der Waals surface area contributed by atoms with Crippen LogP contribution in [0.25, 0.3) is 0 Å². The van der Waals surface area contributed by atoms with Gasteiger partial charge in [0, 0.05) is 13.1 Å². The van der Waals surface area contributed by atoms with Gasteiger partial charge in [-0.2, -0.15) is 5.10 Å². The molecule has 1 aromatic rings. The third kappa shape index (κ3) is 3.68. The van der Waals surface area contributed by atoms with Crippen LogP contribution in [0.15, 0.2) is 12.7 Å². The Kier molecular flexibility index (Phi) is 6.09. The number of halogens is 1. The van der Waals surface area contributed by atoms with E-state index in [0.29, 0.717) is 24.5 Å². The van der Waals surface area contributed by atoms with Crippen LogP contribution in [0.4, 0.5) is 0 Å². The number of aromatic nitrogens is 2. The summed E-state index contributed by atoms with van der Waals surface area (Å²) < 4.78 is 1.81. The van der Waals surface area contributed by atoms with E-state index in [-0.39, 0.29) is 5.78 Å². The molecule has 0 aliphatic carbocycles. The maximum Gasteiger partial charge on any atom is 0.152 e. The molecule has 0 aliphatic heterocycles. The van der Waals surface area contributed by atoms with E-state index in [1.165, 1.54) is 0 Å². The molecule has 0 saturated heterocycles. The van der Waals surface area contributed by atoms with Crippen molar-refractivity contribution in [3.8, 4) is 0 Å². The first kappa shape index (κ1) is 14.9. The Balaban J connectivity index is 2.73. The molecule has 1 N–H and O–H groups in total. The summed E-state index contributed by atoms with van der Waals surface area (Å²) in [5.74, 6) is 0.107. The third-order valence-corrected chi connectivity index (χ3v) is 3.11. The first-order chi connectivity index (χ1) is 8.63. The Morgan fingerprint density at radius 2 is 2.28 bits per heavy atom. The van der Waals surface area contributed by atoms with E-state index < -0.39 is 0 Å². The van der Waals surface area contributed by atoms with Gasteiger partial charge in [0.05, 0.1) is 29.4 Å². The average Bonchev–Trinajstić information content (AvgIpc) is 2.66. The largest absolute Gasteiger partial charge is 0.307 e. The van der Waals surface area contributed by atoms with Crippen molar-refractivity contribution in [1.82, 2.24) is 15.1 Å². The lowest BCUT2D eigenvalue weighted by Crippen LogP contribution is -2.25. The minimum atomic E-state index is 0.107. The Hall–Kier alpha value is -1.13. The van der Waals surface area contributed by atoms with Crippen molar-refractivity contribution < 1.29 is 4.79 Å². The van der Waals surface area contributed by atoms with Crippen molar-refractivity contribution in [2.75, 3.05) is 13.1 Å². The minimum Gasteiger partial charge on any atom is -0.307 e. The van der Waals surface area contributed by atoms with Gasteiger partial charge in [-0.1, -0.05) is 24.6 Å². The molecule has 0 spiro atoms. The summed E-state index contributed by atoms with van der Waals surface area (Å²) in [6.07, 6.45) is 2.83. The third-order valence-electron chi connectivity index (χ3n) is 2.67. The van der Waals surface area contributed by atoms with E-state index in [0.717, 1.165) is 24.4 Å². The van der Waals surface area contributed by atoms with Crippen LogP contribution in [0, 0.1) is 0 Å². The summed E-state index contributed by atoms with van der Waals surface area (Å²) >= 11 is 6.24. The summed E-state index contributed by atoms with van der Waals surface area (Å²) in [4.78, 5) is 11.8. The monoisotopic (exact) mass is 269 g/mol. The number of ketones is 1. The molecule has 0 aliphatic rings. The number of nitrogens with one attached hydrogen (secondary N) is 1. The van der Waals surface area contributed by atoms with Crippen molar-refractivity contribution in [3.63, 3.8) is 0 Å². The van der Waals surface area contributed by atoms with Crippen molar-refractivity contribution in [1.29, 1.82) is 0 Å². The number of carbonyl (C=O) groups is 1. The van der Waals surface area contributed by atoms with Crippen LogP contribution >= 0.6 is 11.6 Å². The van der Waals surface area contributed by atoms with Crippen LogP contribution in [-0.4, -0.2) is 28.7 Å². The van der Waals surface area contributed by atoms with E-state index in [9.17, 15) is 4.79 Å². The van der Waals surface area contributed by atoms with Crippen LogP contribution < -0.4 is 5.32 Å². The number of hydrogen-bond acceptors (Lipinski definition) is 3. The first-order valence-electron chi connectivity index (χ1n) is 6.21. The minimum absolute atomic E-state index is 0.107. The van der Waals surface area contributed by atoms with Crippen molar-refractivity contribution in [2.24, 2.45) is 0 Å². The highest BCUT2D eigenvalue weighted by atomic mass is 35.5. The van der Waals surface area contributed by atoms with Crippen LogP contribution in [-0.2, 0) is 24.2 Å². The number of aryl methyl sites for hydroxylation is 2. The maximum atomic E-state index is 11.8. The molecule has 100 valence electrons. The second kappa shape index (κ2) is 7.34. The zero-order valence-electron chi connectivity index (χ0n) is 11.0. The molecule has 0 aromatic carbocycles. The molecule has 0 atom stereocenters. The predicted octanol–water partition coefficient (Wildman–Crippen LogP) is 2.01. The fourth-order valence-corrected chi connectivity index (χ4v) is 2.08. The summed E-state index contributed by atoms with van der Waals surface area (Å²) in [5.41, 5.74) is 1.68. The quantitative estimate of drug-likeness (QED) is 0.580. The smallest absolute Gasteiger partial charge is 0.152 e. The summed E-state index contributed by atoms with van der Waals surface area (Å²) in [7, 11) is 0. The molecule has 0 unspecified atom stereocenters. The van der Waals surface area contributed by atoms with Gasteiger partial charge in [-0.05, 0) is 13.3 Å². The van der Waals surface area contributed by atoms with Gasteiger partial charge in [0.2, 0.25) is 0 Å². The van der Waals surface area contributed by atoms with Gasteiger partial charge >= 0.3 is 0 Å². The fraction of sp³-hybridized carbons (Fsp3) is 0.538. The SMILES string of the molecule is C=CCNCC(=O)Cc1c(Cl)c(CC)nn1CC. The second-order valence-corrected chi connectivity index (χ2v) is 4.39. The first-order valence-corrected chi connectivity index (χ1v) is 6.59. The van der Waals surface area contributed by atoms with Gasteiger partial charge in [0.25, 0.3) is 0 Å². The molecular weight excluding hydrogens is 250 g/mol. The van der Waals surface area contributed by atoms with E-state index in [1.54, 1.807) is 6.08 Å². The molecule has 0 amide bonds. The molecule has 1 rings (SSSR count). The van der Waals surface area contributed by atoms with Crippen LogP contribution in [0.5, 0.6) is 0 Å². The van der Waals surface area contributed by atoms with E-state index in [1.807, 2.05) is 18.5 Å². The number of hydrogen-bond donors (Lipinski definition) is 1. The van der Waals surface area contributed by atoms with Crippen LogP contribution in [0.3, 0.4) is 0 Å². The highest BCUT2D eigenvalue weighted by Crippen LogP contribution is 2.22. The van der Waals surface area contributed by atoms with E-state index >= 15 is 0 Å². The molecular formula is C13H20ClN3O. The normalized spacial score (nSPS) is 10.6. The van der Waals surface area contributed by atoms with Gasteiger partial charge in [0.15, 0.2) is 5.78 Å². The number of carbonyl (C=O) groups excluding carboxylic acids is 1. The van der Waals surface area contributed by atoms with Crippen molar-refractivity contribution in [2.45, 2.75) is 33.2 Å². The van der Waals surface area contributed by atoms with Gasteiger partial charge in [-0.15, -0.1) is 6.58 Å². The van der Waals surface area contributed by atoms with E-state index in [4.69, 9.17) is 11.6 Å². The van der Waals surface area contributed by atoms with Gasteiger partial charge in [0.1, 0.15) is 0 Å². The van der Waals surface area contributed by atoms with Crippen molar-refractivity contribution in [3.05, 3.63) is 29.1 Å². The maximum absolute atomic E-state index is 11.8. The Morgan fingerprint density at radius 3 is 2.83 bits per heavy atom. The predicted molar refractivity (Wildman–Crippen MR) is 74.1 cm³/mol. The van der Waals surface area contributed by atoms with Gasteiger partial charge < -0.3 is 5.32 Å². The molecule has 5 heteroatoms. The Morgan fingerprint density at radius 1 is 1.56 bits per heavy atom. The lowest BCUT2D eigenvalue weighted by Gasteiger charge is -2.05. The summed E-state index contributed by atoms with van der Waals surface area (Å²) in [6, 6.07) is 0. The zero-order chi connectivity index (χ0) is 13.5. The summed E-state index contributed by atoms with van der Waals surface area (Å²) in [5, 5.41) is 8.02. The van der Waals surface area contributed by atoms with Crippen LogP contribution in [0.1, 0.15) is 25.2 Å². The Labute approximate surface area is 113 Å². The highest BCUT2D eigenvalue weighted by molar-refractivity contribution is 6.32. The fourth-order valence-electron chi connectivity index (χ4n) is 1.75. The molecule has 18 heavy (non-hydrogen) atoms. The number of nitrogens with zero attached hydrogens (tertiary/aromatic N) is 2. The van der Waals surface area contributed by atoms with Gasteiger partial charge in [-0.3, -0.25) is 9.48 Å². The standard InChI is InChI=1S/C13H20ClN3O/c1-4-7-15-9-10(18)8-12-13(14)11(5-2)16-17(12)6-3/h4,15H,1,5-9H2,2-3H3. The summed E-state index contributed by atoms with van der Waals surface area (Å²) in [6.45, 7) is 9.27. The highest BCUT2D eigenvalue weighted by Gasteiger charge is 2.16. The van der Waals surface area contributed by atoms with Crippen molar-refractivity contribution >= 4 is 17.4 Å². The molecule has 0 saturated carbocycles. The lowest BCUT2D eigenvalue weighted by molar-refractivity contribution is -0.117. The van der Waals surface area contributed by atoms with Crippen LogP contribution in [0.2, 0.25) is 5.02 Å². The number of Topliss-reactive ketones (excluding diaryl/α,β-unsaturated/α-hetero) is 1. The zero-order valence-corrected chi connectivity index (χ0v) is 11.8. The molecule has 0 bridgehead atoms. The molecule has 0 fully saturated rings. The molecule has 1 heterocycles. The second-order valence-electron chi connectivity index (χ2n) is 4.01. The molecule has 4 nitrogen and oxygen atoms in total. The Bertz CT molecular complexity index is 426. The average molecular weight is 270 g/mol.